The van der Waals surface area contributed by atoms with E-state index in [1.165, 1.54) is 115 Å². The molecular weight excluding hydrogens is 831 g/mol. The Hall–Kier alpha value is -4.60. The Balaban J connectivity index is 1.70. The van der Waals surface area contributed by atoms with Crippen molar-refractivity contribution >= 4 is 27.0 Å². The van der Waals surface area contributed by atoms with Gasteiger partial charge in [-0.15, -0.1) is 0 Å². The molecule has 7 rings (SSSR count). The van der Waals surface area contributed by atoms with Gasteiger partial charge in [-0.2, -0.15) is 0 Å². The van der Waals surface area contributed by atoms with Gasteiger partial charge in [0.2, 0.25) is 0 Å². The summed E-state index contributed by atoms with van der Waals surface area (Å²) in [5, 5.41) is 2.91. The van der Waals surface area contributed by atoms with Crippen molar-refractivity contribution in [2.45, 2.75) is 157 Å². The minimum Gasteiger partial charge on any atom is -0.0622 e. The van der Waals surface area contributed by atoms with Crippen LogP contribution in [-0.2, 0) is 32.5 Å². The molecule has 0 spiro atoms. The summed E-state index contributed by atoms with van der Waals surface area (Å²) in [5.74, 6) is 0. The first-order valence-electron chi connectivity index (χ1n) is 24.2. The highest BCUT2D eigenvalue weighted by Gasteiger charge is 2.32. The van der Waals surface area contributed by atoms with Gasteiger partial charge in [-0.3, -0.25) is 0 Å². The summed E-state index contributed by atoms with van der Waals surface area (Å²) in [6.07, 6.45) is 0. The van der Waals surface area contributed by atoms with Crippen molar-refractivity contribution < 1.29 is 0 Å². The van der Waals surface area contributed by atoms with E-state index in [-0.39, 0.29) is 32.5 Å². The molecule has 0 aromatic heterocycles. The third kappa shape index (κ3) is 10.4. The molecule has 66 heavy (non-hydrogen) atoms. The molecule has 7 aromatic rings. The standard InChI is InChI=1S/C64H76P2/c1-59(2,3)47-37-49(61(7,8)9)55(50(38-47)62(10,11)12)65-57-53(45-33-29-43(30-34-45)41-25-21-19-22-26-41)54(46-35-31-44(32-36-46)42-27-23-20-24-28-42)58(57)66-56-51(63(13,14)15)39-48(60(4,5)6)40-52(56)64(16,17)18/h19-40H,1-18H3. The van der Waals surface area contributed by atoms with Gasteiger partial charge in [0.05, 0.1) is 0 Å². The Labute approximate surface area is 403 Å². The van der Waals surface area contributed by atoms with Crippen molar-refractivity contribution in [2.24, 2.45) is 0 Å². The number of hydrogen-bond donors (Lipinski definition) is 0. The SMILES string of the molecule is CC(C)(C)c1cc(C(C)(C)C)c(P=c2c(-c3ccc(-c4ccccc4)cc3)c(-c3ccc(-c4ccccc4)cc3)c2=Pc2c(C(C)(C)C)cc(C(C)(C)C)cc2C(C)(C)C)c(C(C)(C)C)c1. The summed E-state index contributed by atoms with van der Waals surface area (Å²) in [5.41, 5.74) is 18.6. The second-order valence-electron chi connectivity index (χ2n) is 24.9. The van der Waals surface area contributed by atoms with E-state index in [2.05, 4.69) is 258 Å². The summed E-state index contributed by atoms with van der Waals surface area (Å²) >= 11 is 0. The van der Waals surface area contributed by atoms with Crippen LogP contribution >= 0.6 is 16.4 Å². The first-order valence-corrected chi connectivity index (χ1v) is 26.0. The Morgan fingerprint density at radius 1 is 0.258 bits per heavy atom. The van der Waals surface area contributed by atoms with Gasteiger partial charge in [-0.25, -0.2) is 0 Å². The van der Waals surface area contributed by atoms with E-state index in [4.69, 9.17) is 0 Å². The summed E-state index contributed by atoms with van der Waals surface area (Å²) in [4.78, 5) is 2.87. The third-order valence-electron chi connectivity index (χ3n) is 13.1. The molecule has 0 nitrogen and oxygen atoms in total. The monoisotopic (exact) mass is 907 g/mol. The Morgan fingerprint density at radius 3 is 0.712 bits per heavy atom. The fraction of sp³-hybridized carbons (Fsp3) is 0.375. The van der Waals surface area contributed by atoms with Crippen LogP contribution in [0.4, 0.5) is 0 Å². The van der Waals surface area contributed by atoms with Crippen molar-refractivity contribution in [2.75, 3.05) is 0 Å². The zero-order valence-electron chi connectivity index (χ0n) is 43.6. The number of hydrogen-bond acceptors (Lipinski definition) is 0. The molecule has 0 radical (unpaired) electrons. The lowest BCUT2D eigenvalue weighted by atomic mass is 9.75. The lowest BCUT2D eigenvalue weighted by Gasteiger charge is -2.33. The zero-order valence-corrected chi connectivity index (χ0v) is 45.4. The Bertz CT molecular complexity index is 2670. The van der Waals surface area contributed by atoms with Crippen LogP contribution < -0.4 is 10.6 Å². The minimum atomic E-state index is -0.0648. The van der Waals surface area contributed by atoms with Gasteiger partial charge >= 0.3 is 0 Å². The van der Waals surface area contributed by atoms with Crippen molar-refractivity contribution in [3.05, 3.63) is 177 Å². The third-order valence-corrected chi connectivity index (χ3v) is 16.1. The normalized spacial score (nSPS) is 13.8. The molecule has 0 aliphatic heterocycles. The summed E-state index contributed by atoms with van der Waals surface area (Å²) < 4.78 is 0. The quantitative estimate of drug-likeness (QED) is 0.146. The minimum absolute atomic E-state index is 0.0194. The largest absolute Gasteiger partial charge is 0.0622 e. The van der Waals surface area contributed by atoms with Crippen LogP contribution in [-0.4, -0.2) is 0 Å². The highest BCUT2D eigenvalue weighted by molar-refractivity contribution is 7.42. The van der Waals surface area contributed by atoms with E-state index in [0.29, 0.717) is 0 Å². The summed E-state index contributed by atoms with van der Waals surface area (Å²) in [6, 6.07) is 50.7. The first-order chi connectivity index (χ1) is 30.5. The molecule has 2 heteroatoms. The highest BCUT2D eigenvalue weighted by Crippen LogP contribution is 2.47. The molecule has 0 N–H and O–H groups in total. The molecule has 0 saturated carbocycles. The zero-order chi connectivity index (χ0) is 48.4. The molecule has 7 aromatic carbocycles. The predicted molar refractivity (Wildman–Crippen MR) is 295 cm³/mol. The average Bonchev–Trinajstić information content (AvgIpc) is 3.22. The van der Waals surface area contributed by atoms with Gasteiger partial charge in [0.1, 0.15) is 0 Å². The molecular formula is C64H76P2. The van der Waals surface area contributed by atoms with E-state index in [9.17, 15) is 0 Å². The maximum Gasteiger partial charge on any atom is 0.0234 e. The summed E-state index contributed by atoms with van der Waals surface area (Å²) in [7, 11) is 2.51. The smallest absolute Gasteiger partial charge is 0.0234 e. The molecule has 0 aliphatic carbocycles. The summed E-state index contributed by atoms with van der Waals surface area (Å²) in [6.45, 7) is 43.1. The second-order valence-corrected chi connectivity index (χ2v) is 27.1. The van der Waals surface area contributed by atoms with Gasteiger partial charge in [0.25, 0.3) is 0 Å². The Kier molecular flexibility index (Phi) is 13.3. The van der Waals surface area contributed by atoms with Gasteiger partial charge in [0.15, 0.2) is 0 Å². The topological polar surface area (TPSA) is 0 Å². The van der Waals surface area contributed by atoms with E-state index >= 15 is 0 Å². The van der Waals surface area contributed by atoms with E-state index in [0.717, 1.165) is 0 Å². The fourth-order valence-electron chi connectivity index (χ4n) is 9.00. The van der Waals surface area contributed by atoms with E-state index in [1.54, 1.807) is 0 Å². The Morgan fingerprint density at radius 2 is 0.485 bits per heavy atom. The van der Waals surface area contributed by atoms with Crippen molar-refractivity contribution in [1.29, 1.82) is 0 Å². The molecule has 0 aliphatic rings. The predicted octanol–water partition coefficient (Wildman–Crippen LogP) is 18.6. The maximum atomic E-state index is 2.55. The van der Waals surface area contributed by atoms with Gasteiger partial charge in [0, 0.05) is 31.6 Å². The van der Waals surface area contributed by atoms with Crippen LogP contribution in [0.15, 0.2) is 133 Å². The first kappa shape index (κ1) is 49.3. The molecule has 0 saturated heterocycles. The van der Waals surface area contributed by atoms with Crippen molar-refractivity contribution in [1.82, 2.24) is 0 Å². The molecule has 0 fully saturated rings. The lowest BCUT2D eigenvalue weighted by Crippen LogP contribution is -2.30. The average molecular weight is 907 g/mol. The van der Waals surface area contributed by atoms with Crippen LogP contribution in [0.1, 0.15) is 158 Å². The van der Waals surface area contributed by atoms with Gasteiger partial charge in [-0.05, 0) is 99.3 Å². The molecule has 0 atom stereocenters. The van der Waals surface area contributed by atoms with Crippen molar-refractivity contribution in [3.8, 4) is 44.5 Å². The molecule has 0 bridgehead atoms. The van der Waals surface area contributed by atoms with Crippen LogP contribution in [0.3, 0.4) is 0 Å². The second kappa shape index (κ2) is 17.8. The van der Waals surface area contributed by atoms with E-state index < -0.39 is 0 Å². The van der Waals surface area contributed by atoms with Crippen LogP contribution in [0, 0.1) is 9.88 Å². The number of rotatable bonds is 6. The molecule has 0 amide bonds. The van der Waals surface area contributed by atoms with Crippen LogP contribution in [0.2, 0.25) is 0 Å². The van der Waals surface area contributed by atoms with Crippen molar-refractivity contribution in [3.63, 3.8) is 0 Å². The van der Waals surface area contributed by atoms with Crippen LogP contribution in [0.5, 0.6) is 0 Å². The molecule has 342 valence electrons. The molecule has 0 unspecified atom stereocenters. The highest BCUT2D eigenvalue weighted by atomic mass is 31.1. The van der Waals surface area contributed by atoms with Crippen LogP contribution in [0.25, 0.3) is 44.5 Å². The lowest BCUT2D eigenvalue weighted by molar-refractivity contribution is 0.553. The molecule has 0 heterocycles. The number of benzene rings is 6. The van der Waals surface area contributed by atoms with Gasteiger partial charge < -0.3 is 0 Å². The van der Waals surface area contributed by atoms with E-state index in [1.807, 2.05) is 0 Å². The fourth-order valence-corrected chi connectivity index (χ4v) is 13.0. The maximum absolute atomic E-state index is 2.55. The van der Waals surface area contributed by atoms with Gasteiger partial charge in [-0.1, -0.05) is 274 Å².